The Morgan fingerprint density at radius 1 is 1.21 bits per heavy atom. The van der Waals surface area contributed by atoms with Crippen LogP contribution in [0.15, 0.2) is 23.1 Å². The zero-order valence-electron chi connectivity index (χ0n) is 17.4. The zero-order valence-corrected chi connectivity index (χ0v) is 18.2. The van der Waals surface area contributed by atoms with Crippen LogP contribution in [0.1, 0.15) is 39.7 Å². The molecule has 0 aromatic heterocycles. The highest BCUT2D eigenvalue weighted by molar-refractivity contribution is 7.89. The first-order chi connectivity index (χ1) is 13.4. The van der Waals surface area contributed by atoms with Crippen LogP contribution in [0.4, 0.5) is 10.5 Å². The van der Waals surface area contributed by atoms with Gasteiger partial charge in [-0.25, -0.2) is 13.2 Å². The standard InChI is InChI=1S/C19H28N4O5S/c1-6-22(7-2)29(27,28)14-9-8-13(3)15(12-14)20-16(24)10-11-23-17(25)19(4,5)21-18(23)26/h8-9,12H,6-7,10-11H2,1-5H3,(H,20,24)(H,21,26). The Morgan fingerprint density at radius 2 is 1.83 bits per heavy atom. The van der Waals surface area contributed by atoms with Crippen LogP contribution in [0.25, 0.3) is 0 Å². The van der Waals surface area contributed by atoms with Crippen LogP contribution in [0.2, 0.25) is 0 Å². The van der Waals surface area contributed by atoms with Gasteiger partial charge in [0.15, 0.2) is 0 Å². The van der Waals surface area contributed by atoms with Crippen molar-refractivity contribution in [2.75, 3.05) is 25.0 Å². The van der Waals surface area contributed by atoms with E-state index in [-0.39, 0.29) is 17.9 Å². The average Bonchev–Trinajstić information content (AvgIpc) is 2.83. The van der Waals surface area contributed by atoms with E-state index in [0.717, 1.165) is 4.90 Å². The SMILES string of the molecule is CCN(CC)S(=O)(=O)c1ccc(C)c(NC(=O)CCN2C(=O)NC(C)(C)C2=O)c1. The number of carbonyl (C=O) groups excluding carboxylic acids is 3. The molecule has 0 radical (unpaired) electrons. The van der Waals surface area contributed by atoms with Gasteiger partial charge in [-0.05, 0) is 38.5 Å². The number of sulfonamides is 1. The van der Waals surface area contributed by atoms with Gasteiger partial charge < -0.3 is 10.6 Å². The first kappa shape index (κ1) is 22.8. The van der Waals surface area contributed by atoms with Crippen LogP contribution in [-0.2, 0) is 19.6 Å². The molecule has 1 aliphatic heterocycles. The highest BCUT2D eigenvalue weighted by Gasteiger charge is 2.44. The summed E-state index contributed by atoms with van der Waals surface area (Å²) in [4.78, 5) is 37.5. The lowest BCUT2D eigenvalue weighted by molar-refractivity contribution is -0.130. The molecule has 0 bridgehead atoms. The lowest BCUT2D eigenvalue weighted by Gasteiger charge is -2.19. The van der Waals surface area contributed by atoms with Crippen molar-refractivity contribution in [1.29, 1.82) is 0 Å². The van der Waals surface area contributed by atoms with Crippen LogP contribution in [0, 0.1) is 6.92 Å². The Bertz CT molecular complexity index is 923. The van der Waals surface area contributed by atoms with Crippen LogP contribution >= 0.6 is 0 Å². The largest absolute Gasteiger partial charge is 0.326 e. The first-order valence-corrected chi connectivity index (χ1v) is 10.9. The van der Waals surface area contributed by atoms with Crippen molar-refractivity contribution in [3.05, 3.63) is 23.8 Å². The fourth-order valence-electron chi connectivity index (χ4n) is 3.06. The van der Waals surface area contributed by atoms with Crippen LogP contribution < -0.4 is 10.6 Å². The predicted octanol–water partition coefficient (Wildman–Crippen LogP) is 1.68. The molecule has 2 N–H and O–H groups in total. The summed E-state index contributed by atoms with van der Waals surface area (Å²) in [5, 5.41) is 5.24. The van der Waals surface area contributed by atoms with Gasteiger partial charge in [0.1, 0.15) is 5.54 Å². The second-order valence-electron chi connectivity index (χ2n) is 7.38. The van der Waals surface area contributed by atoms with E-state index < -0.39 is 33.4 Å². The number of nitrogens with zero attached hydrogens (tertiary/aromatic N) is 2. The van der Waals surface area contributed by atoms with E-state index in [4.69, 9.17) is 0 Å². The van der Waals surface area contributed by atoms with Gasteiger partial charge in [0.2, 0.25) is 15.9 Å². The number of carbonyl (C=O) groups is 3. The number of rotatable bonds is 8. The van der Waals surface area contributed by atoms with Crippen molar-refractivity contribution in [3.8, 4) is 0 Å². The number of anilines is 1. The zero-order chi connectivity index (χ0) is 22.0. The molecule has 1 aromatic carbocycles. The van der Waals surface area contributed by atoms with Gasteiger partial charge in [0.05, 0.1) is 4.90 Å². The number of aryl methyl sites for hydroxylation is 1. The molecule has 1 aromatic rings. The number of hydrogen-bond acceptors (Lipinski definition) is 5. The van der Waals surface area contributed by atoms with E-state index in [2.05, 4.69) is 10.6 Å². The van der Waals surface area contributed by atoms with E-state index in [1.54, 1.807) is 40.7 Å². The second-order valence-corrected chi connectivity index (χ2v) is 9.31. The Labute approximate surface area is 171 Å². The molecule has 160 valence electrons. The molecule has 1 heterocycles. The summed E-state index contributed by atoms with van der Waals surface area (Å²) in [5.74, 6) is -0.811. The number of urea groups is 1. The van der Waals surface area contributed by atoms with Gasteiger partial charge in [-0.3, -0.25) is 14.5 Å². The third kappa shape index (κ3) is 4.76. The van der Waals surface area contributed by atoms with Crippen molar-refractivity contribution in [2.45, 2.75) is 51.5 Å². The molecule has 0 atom stereocenters. The fourth-order valence-corrected chi connectivity index (χ4v) is 4.54. The number of nitrogens with one attached hydrogen (secondary N) is 2. The van der Waals surface area contributed by atoms with Gasteiger partial charge in [0, 0.05) is 31.7 Å². The Morgan fingerprint density at radius 3 is 2.34 bits per heavy atom. The van der Waals surface area contributed by atoms with E-state index in [1.165, 1.54) is 16.4 Å². The van der Waals surface area contributed by atoms with Gasteiger partial charge in [-0.2, -0.15) is 4.31 Å². The van der Waals surface area contributed by atoms with E-state index >= 15 is 0 Å². The van der Waals surface area contributed by atoms with Gasteiger partial charge in [0.25, 0.3) is 5.91 Å². The van der Waals surface area contributed by atoms with Gasteiger partial charge in [-0.1, -0.05) is 19.9 Å². The lowest BCUT2D eigenvalue weighted by Crippen LogP contribution is -2.40. The fraction of sp³-hybridized carbons (Fsp3) is 0.526. The number of benzene rings is 1. The van der Waals surface area contributed by atoms with E-state index in [1.807, 2.05) is 0 Å². The molecule has 1 fully saturated rings. The minimum absolute atomic E-state index is 0.0591. The topological polar surface area (TPSA) is 116 Å². The average molecular weight is 425 g/mol. The third-order valence-electron chi connectivity index (χ3n) is 4.83. The van der Waals surface area contributed by atoms with E-state index in [0.29, 0.717) is 24.3 Å². The minimum atomic E-state index is -3.65. The molecule has 0 aliphatic carbocycles. The molecule has 2 rings (SSSR count). The normalized spacial score (nSPS) is 16.3. The maximum atomic E-state index is 12.7. The molecular weight excluding hydrogens is 396 g/mol. The maximum absolute atomic E-state index is 12.7. The van der Waals surface area contributed by atoms with Crippen molar-refractivity contribution >= 4 is 33.6 Å². The Balaban J connectivity index is 2.11. The van der Waals surface area contributed by atoms with Crippen LogP contribution in [0.5, 0.6) is 0 Å². The quantitative estimate of drug-likeness (QED) is 0.616. The summed E-state index contributed by atoms with van der Waals surface area (Å²) in [7, 11) is -3.65. The molecule has 9 nitrogen and oxygen atoms in total. The Kier molecular flexibility index (Phi) is 6.69. The Hall–Kier alpha value is -2.46. The molecule has 4 amide bonds. The highest BCUT2D eigenvalue weighted by atomic mass is 32.2. The molecule has 1 saturated heterocycles. The number of amides is 4. The maximum Gasteiger partial charge on any atom is 0.325 e. The highest BCUT2D eigenvalue weighted by Crippen LogP contribution is 2.23. The van der Waals surface area contributed by atoms with Crippen molar-refractivity contribution in [2.24, 2.45) is 0 Å². The summed E-state index contributed by atoms with van der Waals surface area (Å²) in [6.07, 6.45) is -0.0955. The molecule has 0 unspecified atom stereocenters. The molecule has 0 spiro atoms. The smallest absolute Gasteiger partial charge is 0.325 e. The second kappa shape index (κ2) is 8.50. The minimum Gasteiger partial charge on any atom is -0.326 e. The van der Waals surface area contributed by atoms with Crippen molar-refractivity contribution < 1.29 is 22.8 Å². The number of hydrogen-bond donors (Lipinski definition) is 2. The summed E-state index contributed by atoms with van der Waals surface area (Å²) >= 11 is 0. The summed E-state index contributed by atoms with van der Waals surface area (Å²) < 4.78 is 26.7. The molecule has 1 aliphatic rings. The van der Waals surface area contributed by atoms with Crippen molar-refractivity contribution in [1.82, 2.24) is 14.5 Å². The van der Waals surface area contributed by atoms with Crippen LogP contribution in [0.3, 0.4) is 0 Å². The molecular formula is C19H28N4O5S. The number of imide groups is 1. The lowest BCUT2D eigenvalue weighted by atomic mass is 10.1. The monoisotopic (exact) mass is 424 g/mol. The summed E-state index contributed by atoms with van der Waals surface area (Å²) in [5.41, 5.74) is 0.0887. The molecule has 10 heteroatoms. The first-order valence-electron chi connectivity index (χ1n) is 9.48. The molecule has 0 saturated carbocycles. The van der Waals surface area contributed by atoms with Gasteiger partial charge >= 0.3 is 6.03 Å². The van der Waals surface area contributed by atoms with Crippen LogP contribution in [-0.4, -0.2) is 60.6 Å². The van der Waals surface area contributed by atoms with Gasteiger partial charge in [-0.15, -0.1) is 0 Å². The molecule has 29 heavy (non-hydrogen) atoms. The predicted molar refractivity (Wildman–Crippen MR) is 109 cm³/mol. The summed E-state index contributed by atoms with van der Waals surface area (Å²) in [6.45, 7) is 9.09. The third-order valence-corrected chi connectivity index (χ3v) is 6.88. The summed E-state index contributed by atoms with van der Waals surface area (Å²) in [6, 6.07) is 4.04. The van der Waals surface area contributed by atoms with Crippen molar-refractivity contribution in [3.63, 3.8) is 0 Å². The van der Waals surface area contributed by atoms with E-state index in [9.17, 15) is 22.8 Å².